The molecule has 28 heavy (non-hydrogen) atoms. The lowest BCUT2D eigenvalue weighted by atomic mass is 10.1. The third-order valence-corrected chi connectivity index (χ3v) is 5.37. The smallest absolute Gasteiger partial charge is 0.189 e. The number of guanidine groups is 1. The second-order valence-corrected chi connectivity index (χ2v) is 7.44. The number of nitrogens with zero attached hydrogens (tertiary/aromatic N) is 2. The quantitative estimate of drug-likeness (QED) is 0.260. The Hall–Kier alpha value is -1.06. The highest BCUT2D eigenvalue weighted by Crippen LogP contribution is 2.19. The molecule has 1 aliphatic heterocycles. The van der Waals surface area contributed by atoms with Crippen molar-refractivity contribution in [2.45, 2.75) is 51.1 Å². The second kappa shape index (κ2) is 13.2. The maximum absolute atomic E-state index is 6.13. The lowest BCUT2D eigenvalue weighted by molar-refractivity contribution is 0.0322. The second-order valence-electron chi connectivity index (χ2n) is 7.44. The SMILES string of the molecule is I.NC(=NCc1ccccc1OCCN1CCOCC1)NC1CCCCCC1. The Morgan fingerprint density at radius 3 is 2.61 bits per heavy atom. The summed E-state index contributed by atoms with van der Waals surface area (Å²) in [5, 5.41) is 3.40. The van der Waals surface area contributed by atoms with E-state index in [1.807, 2.05) is 18.2 Å². The van der Waals surface area contributed by atoms with Gasteiger partial charge < -0.3 is 20.5 Å². The molecule has 1 saturated heterocycles. The van der Waals surface area contributed by atoms with E-state index in [9.17, 15) is 0 Å². The molecule has 3 rings (SSSR count). The van der Waals surface area contributed by atoms with Crippen molar-refractivity contribution in [3.63, 3.8) is 0 Å². The van der Waals surface area contributed by atoms with Crippen LogP contribution in [0.4, 0.5) is 0 Å². The Morgan fingerprint density at radius 2 is 1.86 bits per heavy atom. The fraction of sp³-hybridized carbons (Fsp3) is 0.667. The molecule has 2 fully saturated rings. The van der Waals surface area contributed by atoms with Crippen LogP contribution in [0.2, 0.25) is 0 Å². The zero-order valence-corrected chi connectivity index (χ0v) is 19.1. The maximum Gasteiger partial charge on any atom is 0.189 e. The van der Waals surface area contributed by atoms with Crippen molar-refractivity contribution in [2.75, 3.05) is 39.5 Å². The van der Waals surface area contributed by atoms with E-state index in [1.54, 1.807) is 0 Å². The highest BCUT2D eigenvalue weighted by atomic mass is 127. The zero-order chi connectivity index (χ0) is 18.7. The molecule has 0 spiro atoms. The molecule has 0 aromatic heterocycles. The molecule has 158 valence electrons. The molecule has 0 unspecified atom stereocenters. The Balaban J connectivity index is 0.00000280. The van der Waals surface area contributed by atoms with E-state index >= 15 is 0 Å². The van der Waals surface area contributed by atoms with Gasteiger partial charge in [0.15, 0.2) is 5.96 Å². The van der Waals surface area contributed by atoms with E-state index < -0.39 is 0 Å². The summed E-state index contributed by atoms with van der Waals surface area (Å²) in [6, 6.07) is 8.57. The van der Waals surface area contributed by atoms with Crippen molar-refractivity contribution < 1.29 is 9.47 Å². The number of nitrogens with two attached hydrogens (primary N) is 1. The number of para-hydroxylation sites is 1. The number of benzene rings is 1. The summed E-state index contributed by atoms with van der Waals surface area (Å²) in [6.45, 7) is 5.75. The fourth-order valence-electron chi connectivity index (χ4n) is 3.73. The highest BCUT2D eigenvalue weighted by Gasteiger charge is 2.13. The standard InChI is InChI=1S/C21H34N4O2.HI/c22-21(24-19-8-3-1-2-4-9-19)23-17-18-7-5-6-10-20(18)27-16-13-25-11-14-26-15-12-25;/h5-7,10,19H,1-4,8-9,11-17H2,(H3,22,23,24);1H. The van der Waals surface area contributed by atoms with Crippen LogP contribution in [-0.2, 0) is 11.3 Å². The molecule has 0 amide bonds. The minimum atomic E-state index is 0. The van der Waals surface area contributed by atoms with Crippen LogP contribution in [0.5, 0.6) is 5.75 Å². The summed E-state index contributed by atoms with van der Waals surface area (Å²) >= 11 is 0. The van der Waals surface area contributed by atoms with Gasteiger partial charge in [-0.1, -0.05) is 43.9 Å². The molecule has 2 aliphatic rings. The molecule has 6 nitrogen and oxygen atoms in total. The van der Waals surface area contributed by atoms with Gasteiger partial charge in [0, 0.05) is 31.2 Å². The number of rotatable bonds is 7. The largest absolute Gasteiger partial charge is 0.492 e. The van der Waals surface area contributed by atoms with Gasteiger partial charge in [0.05, 0.1) is 19.8 Å². The number of hydrogen-bond donors (Lipinski definition) is 2. The lowest BCUT2D eigenvalue weighted by Crippen LogP contribution is -2.39. The third-order valence-electron chi connectivity index (χ3n) is 5.37. The van der Waals surface area contributed by atoms with Crippen LogP contribution < -0.4 is 15.8 Å². The first-order chi connectivity index (χ1) is 13.3. The molecule has 0 radical (unpaired) electrons. The summed E-state index contributed by atoms with van der Waals surface area (Å²) in [5.41, 5.74) is 7.20. The van der Waals surface area contributed by atoms with E-state index in [1.165, 1.54) is 38.5 Å². The topological polar surface area (TPSA) is 72.1 Å². The summed E-state index contributed by atoms with van der Waals surface area (Å²) in [5.74, 6) is 1.45. The molecule has 1 heterocycles. The predicted molar refractivity (Wildman–Crippen MR) is 125 cm³/mol. The fourth-order valence-corrected chi connectivity index (χ4v) is 3.73. The minimum Gasteiger partial charge on any atom is -0.492 e. The summed E-state index contributed by atoms with van der Waals surface area (Å²) < 4.78 is 11.4. The molecular weight excluding hydrogens is 467 g/mol. The van der Waals surface area contributed by atoms with Crippen molar-refractivity contribution in [2.24, 2.45) is 10.7 Å². The molecule has 0 bridgehead atoms. The third kappa shape index (κ3) is 8.13. The Bertz CT molecular complexity index is 586. The van der Waals surface area contributed by atoms with Crippen molar-refractivity contribution in [1.29, 1.82) is 0 Å². The molecule has 1 aliphatic carbocycles. The first-order valence-electron chi connectivity index (χ1n) is 10.4. The van der Waals surface area contributed by atoms with Gasteiger partial charge in [0.2, 0.25) is 0 Å². The van der Waals surface area contributed by atoms with E-state index in [4.69, 9.17) is 15.2 Å². The average Bonchev–Trinajstić information content (AvgIpc) is 2.97. The predicted octanol–water partition coefficient (Wildman–Crippen LogP) is 3.14. The van der Waals surface area contributed by atoms with Gasteiger partial charge in [0.25, 0.3) is 0 Å². The highest BCUT2D eigenvalue weighted by molar-refractivity contribution is 14.0. The molecule has 0 atom stereocenters. The number of hydrogen-bond acceptors (Lipinski definition) is 4. The van der Waals surface area contributed by atoms with E-state index in [0.29, 0.717) is 25.2 Å². The number of ether oxygens (including phenoxy) is 2. The van der Waals surface area contributed by atoms with Crippen molar-refractivity contribution >= 4 is 29.9 Å². The first-order valence-corrected chi connectivity index (χ1v) is 10.4. The van der Waals surface area contributed by atoms with Gasteiger partial charge in [0.1, 0.15) is 12.4 Å². The average molecular weight is 502 g/mol. The number of morpholine rings is 1. The lowest BCUT2D eigenvalue weighted by Gasteiger charge is -2.26. The zero-order valence-electron chi connectivity index (χ0n) is 16.8. The Kier molecular flexibility index (Phi) is 11.0. The van der Waals surface area contributed by atoms with Crippen LogP contribution in [0.15, 0.2) is 29.3 Å². The van der Waals surface area contributed by atoms with Crippen LogP contribution in [0.3, 0.4) is 0 Å². The van der Waals surface area contributed by atoms with Gasteiger partial charge >= 0.3 is 0 Å². The van der Waals surface area contributed by atoms with Gasteiger partial charge in [-0.15, -0.1) is 24.0 Å². The van der Waals surface area contributed by atoms with Crippen LogP contribution in [0, 0.1) is 0 Å². The van der Waals surface area contributed by atoms with Crippen LogP contribution in [0.1, 0.15) is 44.1 Å². The molecular formula is C21H35IN4O2. The molecule has 7 heteroatoms. The molecule has 1 aromatic rings. The molecule has 1 aromatic carbocycles. The molecule has 3 N–H and O–H groups in total. The van der Waals surface area contributed by atoms with Crippen molar-refractivity contribution in [1.82, 2.24) is 10.2 Å². The molecule has 1 saturated carbocycles. The summed E-state index contributed by atoms with van der Waals surface area (Å²) in [4.78, 5) is 6.93. The monoisotopic (exact) mass is 502 g/mol. The summed E-state index contributed by atoms with van der Waals surface area (Å²) in [6.07, 6.45) is 7.62. The van der Waals surface area contributed by atoms with Crippen molar-refractivity contribution in [3.8, 4) is 5.75 Å². The number of aliphatic imine (C=N–C) groups is 1. The van der Waals surface area contributed by atoms with E-state index in [-0.39, 0.29) is 24.0 Å². The van der Waals surface area contributed by atoms with E-state index in [2.05, 4.69) is 21.3 Å². The maximum atomic E-state index is 6.13. The van der Waals surface area contributed by atoms with Crippen molar-refractivity contribution in [3.05, 3.63) is 29.8 Å². The minimum absolute atomic E-state index is 0. The normalized spacial score (nSPS) is 19.5. The van der Waals surface area contributed by atoms with E-state index in [0.717, 1.165) is 44.2 Å². The van der Waals surface area contributed by atoms with Gasteiger partial charge in [-0.05, 0) is 18.9 Å². The Labute approximate surface area is 186 Å². The van der Waals surface area contributed by atoms with Crippen LogP contribution >= 0.6 is 24.0 Å². The van der Waals surface area contributed by atoms with Crippen LogP contribution in [-0.4, -0.2) is 56.4 Å². The Morgan fingerprint density at radius 1 is 1.14 bits per heavy atom. The number of halogens is 1. The first kappa shape index (κ1) is 23.2. The van der Waals surface area contributed by atoms with Gasteiger partial charge in [-0.25, -0.2) is 4.99 Å². The summed E-state index contributed by atoms with van der Waals surface area (Å²) in [7, 11) is 0. The van der Waals surface area contributed by atoms with Gasteiger partial charge in [-0.2, -0.15) is 0 Å². The van der Waals surface area contributed by atoms with Gasteiger partial charge in [-0.3, -0.25) is 4.90 Å². The number of nitrogens with one attached hydrogen (secondary N) is 1. The van der Waals surface area contributed by atoms with Crippen LogP contribution in [0.25, 0.3) is 0 Å².